The molecular formula is C22H34N4O2. The molecule has 0 radical (unpaired) electrons. The number of nitrogens with zero attached hydrogens (tertiary/aromatic N) is 4. The number of fused-ring (bicyclic) bond motifs is 1. The lowest BCUT2D eigenvalue weighted by atomic mass is 10.1. The lowest BCUT2D eigenvalue weighted by Gasteiger charge is -2.31. The number of aromatic nitrogens is 2. The van der Waals surface area contributed by atoms with Gasteiger partial charge in [-0.1, -0.05) is 32.4 Å². The van der Waals surface area contributed by atoms with Crippen LogP contribution in [0, 0.1) is 0 Å². The number of carbonyl (C=O) groups excluding carboxylic acids is 1. The Labute approximate surface area is 168 Å². The number of benzene rings is 1. The standard InChI is InChI=1S/C22H34N4O2/c1-6-8-13-20(27)25(16-15-24(4)5)17(3)21-23-19-12-10-9-11-18(19)22(28)26(21)14-7-2/h9-12,17H,6-8,13-16H2,1-5H3. The molecule has 1 aromatic carbocycles. The van der Waals surface area contributed by atoms with E-state index in [1.165, 1.54) is 0 Å². The van der Waals surface area contributed by atoms with E-state index in [9.17, 15) is 9.59 Å². The van der Waals surface area contributed by atoms with Gasteiger partial charge in [0.25, 0.3) is 5.56 Å². The molecule has 0 bridgehead atoms. The zero-order valence-electron chi connectivity index (χ0n) is 17.9. The van der Waals surface area contributed by atoms with Crippen LogP contribution in [0.4, 0.5) is 0 Å². The normalized spacial score (nSPS) is 12.5. The summed E-state index contributed by atoms with van der Waals surface area (Å²) in [5.41, 5.74) is 0.665. The van der Waals surface area contributed by atoms with Crippen LogP contribution in [0.2, 0.25) is 0 Å². The van der Waals surface area contributed by atoms with Crippen molar-refractivity contribution in [3.8, 4) is 0 Å². The van der Waals surface area contributed by atoms with Gasteiger partial charge in [-0.05, 0) is 46.0 Å². The predicted molar refractivity (Wildman–Crippen MR) is 115 cm³/mol. The number of carbonyl (C=O) groups is 1. The van der Waals surface area contributed by atoms with Crippen LogP contribution in [-0.4, -0.2) is 52.4 Å². The highest BCUT2D eigenvalue weighted by Crippen LogP contribution is 2.21. The SMILES string of the molecule is CCCCC(=O)N(CCN(C)C)C(C)c1nc2ccccc2c(=O)n1CCC. The molecule has 6 nitrogen and oxygen atoms in total. The molecule has 0 spiro atoms. The van der Waals surface area contributed by atoms with Gasteiger partial charge in [0.05, 0.1) is 16.9 Å². The van der Waals surface area contributed by atoms with Crippen molar-refractivity contribution in [3.05, 3.63) is 40.4 Å². The van der Waals surface area contributed by atoms with Crippen molar-refractivity contribution in [2.45, 2.75) is 59.0 Å². The first-order valence-corrected chi connectivity index (χ1v) is 10.3. The molecule has 1 heterocycles. The lowest BCUT2D eigenvalue weighted by Crippen LogP contribution is -2.41. The van der Waals surface area contributed by atoms with E-state index >= 15 is 0 Å². The van der Waals surface area contributed by atoms with Crippen LogP contribution >= 0.6 is 0 Å². The Morgan fingerprint density at radius 1 is 1.14 bits per heavy atom. The quantitative estimate of drug-likeness (QED) is 0.628. The fraction of sp³-hybridized carbons (Fsp3) is 0.591. The fourth-order valence-electron chi connectivity index (χ4n) is 3.40. The Bertz CT molecular complexity index is 844. The Balaban J connectivity index is 2.50. The van der Waals surface area contributed by atoms with Crippen LogP contribution in [0.1, 0.15) is 58.3 Å². The number of para-hydroxylation sites is 1. The molecule has 0 aliphatic rings. The van der Waals surface area contributed by atoms with Gasteiger partial charge in [0.2, 0.25) is 5.91 Å². The van der Waals surface area contributed by atoms with Gasteiger partial charge in [-0.3, -0.25) is 14.2 Å². The number of likely N-dealkylation sites (N-methyl/N-ethyl adjacent to an activating group) is 1. The van der Waals surface area contributed by atoms with Gasteiger partial charge in [-0.25, -0.2) is 4.98 Å². The van der Waals surface area contributed by atoms with Crippen molar-refractivity contribution in [2.24, 2.45) is 0 Å². The van der Waals surface area contributed by atoms with E-state index in [1.807, 2.05) is 57.1 Å². The summed E-state index contributed by atoms with van der Waals surface area (Å²) in [6.45, 7) is 8.11. The third-order valence-electron chi connectivity index (χ3n) is 5.03. The molecule has 2 rings (SSSR count). The average Bonchev–Trinajstić information content (AvgIpc) is 2.68. The molecule has 1 unspecified atom stereocenters. The molecular weight excluding hydrogens is 352 g/mol. The molecule has 0 aliphatic heterocycles. The lowest BCUT2D eigenvalue weighted by molar-refractivity contribution is -0.133. The summed E-state index contributed by atoms with van der Waals surface area (Å²) in [6, 6.07) is 7.19. The second kappa shape index (κ2) is 10.4. The van der Waals surface area contributed by atoms with Gasteiger partial charge in [0.1, 0.15) is 5.82 Å². The van der Waals surface area contributed by atoms with Gasteiger partial charge in [-0.15, -0.1) is 0 Å². The molecule has 1 atom stereocenters. The first-order valence-electron chi connectivity index (χ1n) is 10.3. The number of amides is 1. The largest absolute Gasteiger partial charge is 0.332 e. The maximum atomic E-state index is 13.1. The van der Waals surface area contributed by atoms with Crippen LogP contribution in [-0.2, 0) is 11.3 Å². The summed E-state index contributed by atoms with van der Waals surface area (Å²) in [5, 5.41) is 0.629. The summed E-state index contributed by atoms with van der Waals surface area (Å²) in [5.74, 6) is 0.802. The minimum atomic E-state index is -0.256. The van der Waals surface area contributed by atoms with Crippen molar-refractivity contribution in [1.29, 1.82) is 0 Å². The summed E-state index contributed by atoms with van der Waals surface area (Å²) < 4.78 is 1.75. The number of rotatable bonds is 10. The zero-order chi connectivity index (χ0) is 20.7. The Kier molecular flexibility index (Phi) is 8.18. The summed E-state index contributed by atoms with van der Waals surface area (Å²) >= 11 is 0. The molecule has 28 heavy (non-hydrogen) atoms. The van der Waals surface area contributed by atoms with Crippen molar-refractivity contribution >= 4 is 16.8 Å². The third-order valence-corrected chi connectivity index (χ3v) is 5.03. The second-order valence-corrected chi connectivity index (χ2v) is 7.61. The van der Waals surface area contributed by atoms with Crippen molar-refractivity contribution in [2.75, 3.05) is 27.2 Å². The summed E-state index contributed by atoms with van der Waals surface area (Å²) in [4.78, 5) is 34.8. The molecule has 0 fully saturated rings. The monoisotopic (exact) mass is 386 g/mol. The Morgan fingerprint density at radius 2 is 1.86 bits per heavy atom. The average molecular weight is 387 g/mol. The van der Waals surface area contributed by atoms with Gasteiger partial charge >= 0.3 is 0 Å². The minimum Gasteiger partial charge on any atom is -0.332 e. The third kappa shape index (κ3) is 5.19. The van der Waals surface area contributed by atoms with Crippen LogP contribution in [0.3, 0.4) is 0 Å². The van der Waals surface area contributed by atoms with Crippen LogP contribution < -0.4 is 5.56 Å². The molecule has 0 saturated carbocycles. The first kappa shape index (κ1) is 22.1. The van der Waals surface area contributed by atoms with Gasteiger partial charge in [0.15, 0.2) is 0 Å². The molecule has 0 aliphatic carbocycles. The molecule has 6 heteroatoms. The summed E-state index contributed by atoms with van der Waals surface area (Å²) in [6.07, 6.45) is 3.22. The highest BCUT2D eigenvalue weighted by atomic mass is 16.2. The smallest absolute Gasteiger partial charge is 0.261 e. The van der Waals surface area contributed by atoms with Gasteiger partial charge < -0.3 is 9.80 Å². The minimum absolute atomic E-state index is 0.0251. The van der Waals surface area contributed by atoms with Crippen molar-refractivity contribution < 1.29 is 4.79 Å². The topological polar surface area (TPSA) is 58.4 Å². The van der Waals surface area contributed by atoms with Crippen molar-refractivity contribution in [3.63, 3.8) is 0 Å². The van der Waals surface area contributed by atoms with Gasteiger partial charge in [-0.2, -0.15) is 0 Å². The molecule has 0 saturated heterocycles. The van der Waals surface area contributed by atoms with E-state index in [-0.39, 0.29) is 17.5 Å². The van der Waals surface area contributed by atoms with Crippen LogP contribution in [0.25, 0.3) is 10.9 Å². The fourth-order valence-corrected chi connectivity index (χ4v) is 3.40. The Morgan fingerprint density at radius 3 is 2.50 bits per heavy atom. The van der Waals surface area contributed by atoms with E-state index < -0.39 is 0 Å². The number of hydrogen-bond donors (Lipinski definition) is 0. The van der Waals surface area contributed by atoms with E-state index in [2.05, 4.69) is 11.8 Å². The van der Waals surface area contributed by atoms with E-state index in [0.29, 0.717) is 36.2 Å². The van der Waals surface area contributed by atoms with E-state index in [1.54, 1.807) is 4.57 Å². The number of hydrogen-bond acceptors (Lipinski definition) is 4. The Hall–Kier alpha value is -2.21. The molecule has 1 aromatic heterocycles. The van der Waals surface area contributed by atoms with Gasteiger partial charge in [0, 0.05) is 26.1 Å². The van der Waals surface area contributed by atoms with E-state index in [0.717, 1.165) is 25.8 Å². The highest BCUT2D eigenvalue weighted by molar-refractivity contribution is 5.78. The molecule has 2 aromatic rings. The molecule has 1 amide bonds. The summed E-state index contributed by atoms with van der Waals surface area (Å²) in [7, 11) is 4.00. The number of unbranched alkanes of at least 4 members (excludes halogenated alkanes) is 1. The van der Waals surface area contributed by atoms with Crippen molar-refractivity contribution in [1.82, 2.24) is 19.4 Å². The van der Waals surface area contributed by atoms with Crippen LogP contribution in [0.5, 0.6) is 0 Å². The predicted octanol–water partition coefficient (Wildman–Crippen LogP) is 3.45. The van der Waals surface area contributed by atoms with Crippen LogP contribution in [0.15, 0.2) is 29.1 Å². The molecule has 154 valence electrons. The van der Waals surface area contributed by atoms with E-state index in [4.69, 9.17) is 4.98 Å². The maximum Gasteiger partial charge on any atom is 0.261 e. The molecule has 0 N–H and O–H groups in total. The second-order valence-electron chi connectivity index (χ2n) is 7.61. The maximum absolute atomic E-state index is 13.1. The first-order chi connectivity index (χ1) is 13.4. The zero-order valence-corrected chi connectivity index (χ0v) is 17.9. The highest BCUT2D eigenvalue weighted by Gasteiger charge is 2.25.